The predicted octanol–water partition coefficient (Wildman–Crippen LogP) is 4.14. The van der Waals surface area contributed by atoms with Crippen molar-refractivity contribution in [2.45, 2.75) is 32.2 Å². The van der Waals surface area contributed by atoms with Crippen LogP contribution in [-0.2, 0) is 21.9 Å². The highest BCUT2D eigenvalue weighted by Crippen LogP contribution is 2.21. The highest BCUT2D eigenvalue weighted by molar-refractivity contribution is 7.99. The first-order chi connectivity index (χ1) is 14.0. The van der Waals surface area contributed by atoms with Gasteiger partial charge in [0.1, 0.15) is 11.8 Å². The summed E-state index contributed by atoms with van der Waals surface area (Å²) in [5.41, 5.74) is 1.93. The second kappa shape index (κ2) is 11.7. The Hall–Kier alpha value is -2.18. The van der Waals surface area contributed by atoms with Gasteiger partial charge in [-0.3, -0.25) is 9.59 Å². The number of methoxy groups -OCH3 is 1. The third-order valence-corrected chi connectivity index (χ3v) is 5.83. The zero-order valence-corrected chi connectivity index (χ0v) is 18.6. The molecule has 156 valence electrons. The van der Waals surface area contributed by atoms with Crippen LogP contribution in [0.1, 0.15) is 25.0 Å². The van der Waals surface area contributed by atoms with E-state index in [2.05, 4.69) is 5.32 Å². The molecule has 0 bridgehead atoms. The van der Waals surface area contributed by atoms with E-state index in [4.69, 9.17) is 16.3 Å². The number of amides is 2. The van der Waals surface area contributed by atoms with Crippen molar-refractivity contribution in [1.29, 1.82) is 0 Å². The number of nitrogens with one attached hydrogen (secondary N) is 1. The number of halogens is 1. The Kier molecular flexibility index (Phi) is 9.35. The molecule has 2 amide bonds. The number of ether oxygens (including phenoxy) is 1. The summed E-state index contributed by atoms with van der Waals surface area (Å²) in [6, 6.07) is 14.6. The fourth-order valence-corrected chi connectivity index (χ4v) is 3.84. The van der Waals surface area contributed by atoms with Crippen LogP contribution in [0.5, 0.6) is 5.75 Å². The Labute approximate surface area is 181 Å². The van der Waals surface area contributed by atoms with Gasteiger partial charge in [-0.05, 0) is 43.2 Å². The quantitative estimate of drug-likeness (QED) is 0.610. The number of hydrogen-bond acceptors (Lipinski definition) is 4. The van der Waals surface area contributed by atoms with Gasteiger partial charge in [-0.15, -0.1) is 11.8 Å². The number of rotatable bonds is 10. The average molecular weight is 435 g/mol. The molecule has 29 heavy (non-hydrogen) atoms. The Morgan fingerprint density at radius 3 is 2.48 bits per heavy atom. The topological polar surface area (TPSA) is 58.6 Å². The minimum atomic E-state index is -0.583. The largest absolute Gasteiger partial charge is 0.497 e. The van der Waals surface area contributed by atoms with Gasteiger partial charge in [0.2, 0.25) is 11.8 Å². The first kappa shape index (κ1) is 23.1. The van der Waals surface area contributed by atoms with Gasteiger partial charge in [-0.1, -0.05) is 41.9 Å². The van der Waals surface area contributed by atoms with Crippen molar-refractivity contribution in [2.24, 2.45) is 0 Å². The van der Waals surface area contributed by atoms with E-state index in [1.54, 1.807) is 25.0 Å². The summed E-state index contributed by atoms with van der Waals surface area (Å²) in [4.78, 5) is 26.9. The van der Waals surface area contributed by atoms with Gasteiger partial charge < -0.3 is 15.0 Å². The van der Waals surface area contributed by atoms with E-state index >= 15 is 0 Å². The normalized spacial score (nSPS) is 11.6. The zero-order chi connectivity index (χ0) is 21.2. The Balaban J connectivity index is 2.04. The maximum atomic E-state index is 13.0. The SMILES string of the molecule is CCNC(=O)C(C)N(Cc1ccccc1Cl)C(=O)CSCc1ccc(OC)cc1. The highest BCUT2D eigenvalue weighted by Gasteiger charge is 2.26. The van der Waals surface area contributed by atoms with Crippen LogP contribution < -0.4 is 10.1 Å². The molecular formula is C22H27ClN2O3S. The first-order valence-electron chi connectivity index (χ1n) is 9.47. The number of carbonyl (C=O) groups is 2. The third kappa shape index (κ3) is 6.98. The minimum Gasteiger partial charge on any atom is -0.497 e. The number of thioether (sulfide) groups is 1. The summed E-state index contributed by atoms with van der Waals surface area (Å²) < 4.78 is 5.16. The van der Waals surface area contributed by atoms with Crippen molar-refractivity contribution in [3.8, 4) is 5.75 Å². The average Bonchev–Trinajstić information content (AvgIpc) is 2.73. The molecule has 0 aromatic heterocycles. The summed E-state index contributed by atoms with van der Waals surface area (Å²) in [6.07, 6.45) is 0. The molecule has 0 heterocycles. The third-order valence-electron chi connectivity index (χ3n) is 4.47. The maximum Gasteiger partial charge on any atom is 0.242 e. The summed E-state index contributed by atoms with van der Waals surface area (Å²) >= 11 is 7.79. The number of carbonyl (C=O) groups excluding carboxylic acids is 2. The molecule has 1 atom stereocenters. The van der Waals surface area contributed by atoms with Crippen molar-refractivity contribution in [2.75, 3.05) is 19.4 Å². The maximum absolute atomic E-state index is 13.0. The Morgan fingerprint density at radius 2 is 1.86 bits per heavy atom. The predicted molar refractivity (Wildman–Crippen MR) is 119 cm³/mol. The highest BCUT2D eigenvalue weighted by atomic mass is 35.5. The van der Waals surface area contributed by atoms with Gasteiger partial charge >= 0.3 is 0 Å². The van der Waals surface area contributed by atoms with Crippen LogP contribution in [0.15, 0.2) is 48.5 Å². The summed E-state index contributed by atoms with van der Waals surface area (Å²) in [6.45, 7) is 4.41. The van der Waals surface area contributed by atoms with Gasteiger partial charge in [-0.25, -0.2) is 0 Å². The van der Waals surface area contributed by atoms with Crippen molar-refractivity contribution < 1.29 is 14.3 Å². The fraction of sp³-hybridized carbons (Fsp3) is 0.364. The molecule has 2 aromatic rings. The van der Waals surface area contributed by atoms with Gasteiger partial charge in [0, 0.05) is 23.9 Å². The van der Waals surface area contributed by atoms with Crippen molar-refractivity contribution in [3.63, 3.8) is 0 Å². The van der Waals surface area contributed by atoms with Gasteiger partial charge in [0.15, 0.2) is 0 Å². The standard InChI is InChI=1S/C22H27ClN2O3S/c1-4-24-22(27)16(2)25(13-18-7-5-6-8-20(18)23)21(26)15-29-14-17-9-11-19(28-3)12-10-17/h5-12,16H,4,13-15H2,1-3H3,(H,24,27). The lowest BCUT2D eigenvalue weighted by Gasteiger charge is -2.29. The van der Waals surface area contributed by atoms with E-state index in [1.807, 2.05) is 49.4 Å². The number of hydrogen-bond donors (Lipinski definition) is 1. The Bertz CT molecular complexity index is 814. The molecule has 2 aromatic carbocycles. The first-order valence-corrected chi connectivity index (χ1v) is 11.0. The molecule has 0 spiro atoms. The fourth-order valence-electron chi connectivity index (χ4n) is 2.78. The van der Waals surface area contributed by atoms with Gasteiger partial charge in [-0.2, -0.15) is 0 Å². The zero-order valence-electron chi connectivity index (χ0n) is 17.0. The molecule has 0 saturated carbocycles. The van der Waals surface area contributed by atoms with Crippen LogP contribution in [0.2, 0.25) is 5.02 Å². The molecular weight excluding hydrogens is 408 g/mol. The van der Waals surface area contributed by atoms with Crippen LogP contribution in [0.3, 0.4) is 0 Å². The van der Waals surface area contributed by atoms with E-state index < -0.39 is 6.04 Å². The van der Waals surface area contributed by atoms with Gasteiger partial charge in [0.25, 0.3) is 0 Å². The van der Waals surface area contributed by atoms with Crippen molar-refractivity contribution >= 4 is 35.2 Å². The van der Waals surface area contributed by atoms with E-state index in [0.29, 0.717) is 23.9 Å². The second-order valence-electron chi connectivity index (χ2n) is 6.52. The molecule has 0 fully saturated rings. The molecule has 0 aliphatic heterocycles. The van der Waals surface area contributed by atoms with Gasteiger partial charge in [0.05, 0.1) is 12.9 Å². The molecule has 7 heteroatoms. The molecule has 5 nitrogen and oxygen atoms in total. The second-order valence-corrected chi connectivity index (χ2v) is 7.92. The molecule has 0 aliphatic rings. The lowest BCUT2D eigenvalue weighted by atomic mass is 10.1. The van der Waals surface area contributed by atoms with Crippen LogP contribution in [0.25, 0.3) is 0 Å². The number of likely N-dealkylation sites (N-methyl/N-ethyl adjacent to an activating group) is 1. The number of benzene rings is 2. The Morgan fingerprint density at radius 1 is 1.17 bits per heavy atom. The van der Waals surface area contributed by atoms with E-state index in [1.165, 1.54) is 11.8 Å². The van der Waals surface area contributed by atoms with E-state index in [0.717, 1.165) is 16.9 Å². The summed E-state index contributed by atoms with van der Waals surface area (Å²) in [5, 5.41) is 3.37. The lowest BCUT2D eigenvalue weighted by molar-refractivity contribution is -0.138. The monoisotopic (exact) mass is 434 g/mol. The molecule has 1 N–H and O–H groups in total. The summed E-state index contributed by atoms with van der Waals surface area (Å²) in [7, 11) is 1.63. The lowest BCUT2D eigenvalue weighted by Crippen LogP contribution is -2.48. The van der Waals surface area contributed by atoms with E-state index in [9.17, 15) is 9.59 Å². The molecule has 1 unspecified atom stereocenters. The molecule has 0 saturated heterocycles. The van der Waals surface area contributed by atoms with Crippen molar-refractivity contribution in [1.82, 2.24) is 10.2 Å². The van der Waals surface area contributed by atoms with E-state index in [-0.39, 0.29) is 17.6 Å². The van der Waals surface area contributed by atoms with Crippen LogP contribution in [0.4, 0.5) is 0 Å². The molecule has 0 aliphatic carbocycles. The summed E-state index contributed by atoms with van der Waals surface area (Å²) in [5.74, 6) is 1.51. The van der Waals surface area contributed by atoms with Crippen LogP contribution >= 0.6 is 23.4 Å². The smallest absolute Gasteiger partial charge is 0.242 e. The van der Waals surface area contributed by atoms with Crippen LogP contribution in [0, 0.1) is 0 Å². The molecule has 2 rings (SSSR count). The number of nitrogens with zero attached hydrogens (tertiary/aromatic N) is 1. The van der Waals surface area contributed by atoms with Crippen LogP contribution in [-0.4, -0.2) is 42.2 Å². The van der Waals surface area contributed by atoms with Crippen molar-refractivity contribution in [3.05, 3.63) is 64.7 Å². The minimum absolute atomic E-state index is 0.0952. The molecule has 0 radical (unpaired) electrons.